The van der Waals surface area contributed by atoms with Crippen LogP contribution in [0.3, 0.4) is 0 Å². The molecule has 1 saturated heterocycles. The van der Waals surface area contributed by atoms with Gasteiger partial charge < -0.3 is 9.47 Å². The predicted octanol–water partition coefficient (Wildman–Crippen LogP) is 2.71. The Morgan fingerprint density at radius 3 is 2.13 bits per heavy atom. The lowest BCUT2D eigenvalue weighted by molar-refractivity contribution is -0.158. The molecule has 0 aromatic carbocycles. The van der Waals surface area contributed by atoms with Crippen LogP contribution < -0.4 is 0 Å². The molecule has 0 N–H and O–H groups in total. The number of carbonyl (C=O) groups excluding carboxylic acids is 1. The fraction of sp³-hybridized carbons (Fsp3) is 0.909. The Morgan fingerprint density at radius 2 is 1.87 bits per heavy atom. The van der Waals surface area contributed by atoms with Crippen molar-refractivity contribution in [2.75, 3.05) is 0 Å². The maximum atomic E-state index is 11.8. The van der Waals surface area contributed by atoms with Crippen LogP contribution in [0.1, 0.15) is 41.5 Å². The quantitative estimate of drug-likeness (QED) is 0.419. The Balaban J connectivity index is 2.72. The van der Waals surface area contributed by atoms with E-state index in [1.54, 1.807) is 20.8 Å². The summed E-state index contributed by atoms with van der Waals surface area (Å²) in [5.41, 5.74) is -1.15. The average molecular weight is 235 g/mol. The summed E-state index contributed by atoms with van der Waals surface area (Å²) in [6.07, 6.45) is 0. The van der Waals surface area contributed by atoms with Crippen LogP contribution in [0.2, 0.25) is 0 Å². The van der Waals surface area contributed by atoms with Gasteiger partial charge in [0.25, 0.3) is 5.06 Å². The number of rotatable bonds is 2. The number of carbonyl (C=O) groups is 1. The first-order valence-corrected chi connectivity index (χ1v) is 5.53. The molecule has 0 radical (unpaired) electrons. The fourth-order valence-corrected chi connectivity index (χ4v) is 1.76. The van der Waals surface area contributed by atoms with Crippen LogP contribution in [-0.4, -0.2) is 22.2 Å². The summed E-state index contributed by atoms with van der Waals surface area (Å²) in [7, 11) is 0. The van der Waals surface area contributed by atoms with Crippen LogP contribution in [0.4, 0.5) is 0 Å². The lowest BCUT2D eigenvalue weighted by Gasteiger charge is -2.21. The molecule has 4 heteroatoms. The van der Waals surface area contributed by atoms with Gasteiger partial charge in [0, 0.05) is 0 Å². The molecule has 0 amide bonds. The van der Waals surface area contributed by atoms with Crippen LogP contribution in [0.15, 0.2) is 0 Å². The number of alkyl halides is 1. The van der Waals surface area contributed by atoms with Crippen molar-refractivity contribution in [3.63, 3.8) is 0 Å². The minimum atomic E-state index is -1.30. The molecule has 0 aromatic heterocycles. The topological polar surface area (TPSA) is 38.8 Å². The summed E-state index contributed by atoms with van der Waals surface area (Å²) >= 11 is 6.11. The molecule has 1 fully saturated rings. The highest BCUT2D eigenvalue weighted by Crippen LogP contribution is 2.56. The van der Waals surface area contributed by atoms with Crippen molar-refractivity contribution in [2.45, 2.75) is 57.8 Å². The maximum Gasteiger partial charge on any atom is 0.358 e. The van der Waals surface area contributed by atoms with E-state index < -0.39 is 22.2 Å². The first kappa shape index (κ1) is 12.8. The Hall–Kier alpha value is -0.280. The second kappa shape index (κ2) is 3.36. The Bertz CT molecular complexity index is 282. The zero-order valence-corrected chi connectivity index (χ0v) is 10.9. The second-order valence-corrected chi connectivity index (χ2v) is 5.99. The highest BCUT2D eigenvalue weighted by Gasteiger charge is 2.74. The molecule has 0 aliphatic carbocycles. The van der Waals surface area contributed by atoms with Crippen molar-refractivity contribution in [3.05, 3.63) is 0 Å². The zero-order chi connectivity index (χ0) is 12.1. The van der Waals surface area contributed by atoms with E-state index in [0.29, 0.717) is 0 Å². The van der Waals surface area contributed by atoms with Crippen molar-refractivity contribution >= 4 is 17.6 Å². The molecule has 1 heterocycles. The summed E-state index contributed by atoms with van der Waals surface area (Å²) < 4.78 is 10.6. The normalized spacial score (nSPS) is 35.5. The molecule has 3 nitrogen and oxygen atoms in total. The van der Waals surface area contributed by atoms with Crippen LogP contribution in [-0.2, 0) is 14.3 Å². The van der Waals surface area contributed by atoms with Gasteiger partial charge in [-0.15, -0.1) is 0 Å². The molecular formula is C11H19ClO3. The van der Waals surface area contributed by atoms with Gasteiger partial charge in [0.05, 0.1) is 0 Å². The third-order valence-corrected chi connectivity index (χ3v) is 3.32. The van der Waals surface area contributed by atoms with Crippen LogP contribution >= 0.6 is 11.6 Å². The summed E-state index contributed by atoms with van der Waals surface area (Å²) in [5, 5.41) is -1.30. The molecule has 2 atom stereocenters. The third kappa shape index (κ3) is 2.13. The maximum absolute atomic E-state index is 11.8. The molecule has 0 saturated carbocycles. The van der Waals surface area contributed by atoms with E-state index in [-0.39, 0.29) is 5.92 Å². The molecule has 1 aliphatic rings. The standard InChI is InChI=1S/C11H19ClO3/c1-7(2)10(6)11(12,15-10)8(13)14-9(3,4)5/h7H,1-6H3. The van der Waals surface area contributed by atoms with Gasteiger partial charge in [-0.25, -0.2) is 4.79 Å². The van der Waals surface area contributed by atoms with E-state index in [2.05, 4.69) is 0 Å². The van der Waals surface area contributed by atoms with E-state index in [4.69, 9.17) is 21.1 Å². The Labute approximate surface area is 96.1 Å². The van der Waals surface area contributed by atoms with Crippen molar-refractivity contribution in [2.24, 2.45) is 5.92 Å². The minimum absolute atomic E-state index is 0.169. The lowest BCUT2D eigenvalue weighted by Crippen LogP contribution is -2.36. The first-order valence-electron chi connectivity index (χ1n) is 5.15. The zero-order valence-electron chi connectivity index (χ0n) is 10.2. The molecule has 0 bridgehead atoms. The van der Waals surface area contributed by atoms with Crippen LogP contribution in [0.5, 0.6) is 0 Å². The number of halogens is 1. The summed E-state index contributed by atoms with van der Waals surface area (Å²) in [6, 6.07) is 0. The van der Waals surface area contributed by atoms with Gasteiger partial charge in [0.15, 0.2) is 0 Å². The number of hydrogen-bond donors (Lipinski definition) is 0. The second-order valence-electron chi connectivity index (χ2n) is 5.46. The van der Waals surface area contributed by atoms with Gasteiger partial charge in [-0.2, -0.15) is 0 Å². The number of esters is 1. The number of hydrogen-bond acceptors (Lipinski definition) is 3. The van der Waals surface area contributed by atoms with Gasteiger partial charge in [0.1, 0.15) is 11.2 Å². The molecule has 1 aliphatic heterocycles. The van der Waals surface area contributed by atoms with Gasteiger partial charge in [-0.3, -0.25) is 0 Å². The molecule has 0 spiro atoms. The lowest BCUT2D eigenvalue weighted by atomic mass is 9.94. The van der Waals surface area contributed by atoms with Crippen molar-refractivity contribution < 1.29 is 14.3 Å². The predicted molar refractivity (Wildman–Crippen MR) is 58.8 cm³/mol. The van der Waals surface area contributed by atoms with Gasteiger partial charge in [-0.05, 0) is 33.6 Å². The van der Waals surface area contributed by atoms with E-state index in [1.807, 2.05) is 20.8 Å². The summed E-state index contributed by atoms with van der Waals surface area (Å²) in [5.74, 6) is -0.324. The molecule has 1 rings (SSSR count). The minimum Gasteiger partial charge on any atom is -0.457 e. The largest absolute Gasteiger partial charge is 0.457 e. The van der Waals surface area contributed by atoms with Gasteiger partial charge in [-0.1, -0.05) is 25.4 Å². The smallest absolute Gasteiger partial charge is 0.358 e. The molecule has 0 aromatic rings. The monoisotopic (exact) mass is 234 g/mol. The van der Waals surface area contributed by atoms with Crippen LogP contribution in [0, 0.1) is 5.92 Å². The fourth-order valence-electron chi connectivity index (χ4n) is 1.34. The van der Waals surface area contributed by atoms with Crippen molar-refractivity contribution in [1.29, 1.82) is 0 Å². The van der Waals surface area contributed by atoms with Crippen molar-refractivity contribution in [1.82, 2.24) is 0 Å². The molecular weight excluding hydrogens is 216 g/mol. The van der Waals surface area contributed by atoms with E-state index in [0.717, 1.165) is 0 Å². The highest BCUT2D eigenvalue weighted by atomic mass is 35.5. The van der Waals surface area contributed by atoms with E-state index >= 15 is 0 Å². The highest BCUT2D eigenvalue weighted by molar-refractivity contribution is 6.36. The summed E-state index contributed by atoms with van der Waals surface area (Å²) in [4.78, 5) is 11.8. The average Bonchev–Trinajstić information content (AvgIpc) is 2.54. The van der Waals surface area contributed by atoms with E-state index in [1.165, 1.54) is 0 Å². The Kier molecular flexibility index (Phi) is 2.86. The van der Waals surface area contributed by atoms with Gasteiger partial charge in [0.2, 0.25) is 0 Å². The SMILES string of the molecule is CC(C)C1(C)OC1(Cl)C(=O)OC(C)(C)C. The van der Waals surface area contributed by atoms with Gasteiger partial charge >= 0.3 is 5.97 Å². The first-order chi connectivity index (χ1) is 6.53. The number of ether oxygens (including phenoxy) is 2. The third-order valence-electron chi connectivity index (χ3n) is 2.71. The number of epoxide rings is 1. The van der Waals surface area contributed by atoms with Crippen LogP contribution in [0.25, 0.3) is 0 Å². The summed E-state index contributed by atoms with van der Waals surface area (Å²) in [6.45, 7) is 11.2. The van der Waals surface area contributed by atoms with Crippen molar-refractivity contribution in [3.8, 4) is 0 Å². The molecule has 88 valence electrons. The molecule has 15 heavy (non-hydrogen) atoms. The Morgan fingerprint density at radius 1 is 1.40 bits per heavy atom. The molecule has 2 unspecified atom stereocenters. The van der Waals surface area contributed by atoms with E-state index in [9.17, 15) is 4.79 Å².